The quantitative estimate of drug-likeness (QED) is 0.795. The summed E-state index contributed by atoms with van der Waals surface area (Å²) in [7, 11) is 1.72. The fourth-order valence-electron chi connectivity index (χ4n) is 2.42. The number of hydrogen-bond donors (Lipinski definition) is 1. The van der Waals surface area contributed by atoms with Crippen molar-refractivity contribution in [3.05, 3.63) is 52.2 Å². The molecule has 0 aliphatic heterocycles. The summed E-state index contributed by atoms with van der Waals surface area (Å²) in [6.07, 6.45) is 3.38. The third kappa shape index (κ3) is 4.66. The summed E-state index contributed by atoms with van der Waals surface area (Å²) in [6, 6.07) is 13.2. The van der Waals surface area contributed by atoms with Crippen molar-refractivity contribution in [3.8, 4) is 5.75 Å². The predicted molar refractivity (Wildman–Crippen MR) is 86.8 cm³/mol. The Kier molecular flexibility index (Phi) is 6.09. The molecule has 0 saturated heterocycles. The summed E-state index contributed by atoms with van der Waals surface area (Å²) in [5.74, 6) is 0.941. The van der Waals surface area contributed by atoms with Gasteiger partial charge in [0, 0.05) is 10.9 Å². The van der Waals surface area contributed by atoms with Crippen LogP contribution in [0.4, 0.5) is 0 Å². The Morgan fingerprint density at radius 2 is 2.15 bits per heavy atom. The first kappa shape index (κ1) is 15.1. The van der Waals surface area contributed by atoms with Crippen LogP contribution in [0.25, 0.3) is 0 Å². The largest absolute Gasteiger partial charge is 0.497 e. The van der Waals surface area contributed by atoms with Crippen LogP contribution in [0.1, 0.15) is 23.8 Å². The molecule has 0 saturated carbocycles. The molecule has 1 aromatic carbocycles. The maximum absolute atomic E-state index is 5.30. The van der Waals surface area contributed by atoms with Crippen molar-refractivity contribution < 1.29 is 4.74 Å². The molecule has 0 aliphatic carbocycles. The molecule has 1 atom stereocenters. The van der Waals surface area contributed by atoms with Crippen LogP contribution in [0, 0.1) is 0 Å². The lowest BCUT2D eigenvalue weighted by Crippen LogP contribution is -2.31. The number of methoxy groups -OCH3 is 1. The zero-order valence-electron chi connectivity index (χ0n) is 12.3. The topological polar surface area (TPSA) is 21.3 Å². The number of aryl methyl sites for hydroxylation is 1. The van der Waals surface area contributed by atoms with Gasteiger partial charge in [0.1, 0.15) is 5.75 Å². The highest BCUT2D eigenvalue weighted by atomic mass is 32.1. The highest BCUT2D eigenvalue weighted by Crippen LogP contribution is 2.17. The second-order valence-electron chi connectivity index (χ2n) is 4.93. The molecule has 1 heterocycles. The first-order valence-electron chi connectivity index (χ1n) is 7.20. The van der Waals surface area contributed by atoms with Crippen molar-refractivity contribution in [2.24, 2.45) is 0 Å². The van der Waals surface area contributed by atoms with Crippen molar-refractivity contribution in [1.82, 2.24) is 5.32 Å². The Morgan fingerprint density at radius 1 is 1.25 bits per heavy atom. The van der Waals surface area contributed by atoms with Crippen LogP contribution < -0.4 is 10.1 Å². The Hall–Kier alpha value is -1.32. The van der Waals surface area contributed by atoms with Crippen LogP contribution in [-0.4, -0.2) is 19.7 Å². The summed E-state index contributed by atoms with van der Waals surface area (Å²) in [5.41, 5.74) is 1.33. The highest BCUT2D eigenvalue weighted by molar-refractivity contribution is 7.09. The molecule has 0 bridgehead atoms. The fraction of sp³-hybridized carbons (Fsp3) is 0.412. The lowest BCUT2D eigenvalue weighted by atomic mass is 10.0. The van der Waals surface area contributed by atoms with Crippen LogP contribution in [0.2, 0.25) is 0 Å². The lowest BCUT2D eigenvalue weighted by molar-refractivity contribution is 0.413. The second-order valence-corrected chi connectivity index (χ2v) is 5.96. The van der Waals surface area contributed by atoms with Crippen molar-refractivity contribution in [3.63, 3.8) is 0 Å². The molecule has 0 fully saturated rings. The van der Waals surface area contributed by atoms with E-state index in [0.29, 0.717) is 6.04 Å². The smallest absolute Gasteiger partial charge is 0.119 e. The molecule has 108 valence electrons. The number of nitrogens with one attached hydrogen (secondary N) is 1. The number of benzene rings is 1. The van der Waals surface area contributed by atoms with Crippen LogP contribution in [0.3, 0.4) is 0 Å². The highest BCUT2D eigenvalue weighted by Gasteiger charge is 2.09. The van der Waals surface area contributed by atoms with Crippen LogP contribution in [0.15, 0.2) is 41.8 Å². The zero-order valence-corrected chi connectivity index (χ0v) is 13.1. The van der Waals surface area contributed by atoms with Gasteiger partial charge in [0.2, 0.25) is 0 Å². The first-order valence-corrected chi connectivity index (χ1v) is 8.08. The van der Waals surface area contributed by atoms with Crippen molar-refractivity contribution in [1.29, 1.82) is 0 Å². The zero-order chi connectivity index (χ0) is 14.2. The summed E-state index contributed by atoms with van der Waals surface area (Å²) < 4.78 is 5.30. The van der Waals surface area contributed by atoms with E-state index < -0.39 is 0 Å². The molecule has 1 unspecified atom stereocenters. The molecular weight excluding hydrogens is 266 g/mol. The molecule has 0 aliphatic rings. The SMILES string of the molecule is CCNC(CCc1cccs1)Cc1cccc(OC)c1. The van der Waals surface area contributed by atoms with E-state index >= 15 is 0 Å². The molecular formula is C17H23NOS. The van der Waals surface area contributed by atoms with Gasteiger partial charge in [0.25, 0.3) is 0 Å². The molecule has 3 heteroatoms. The van der Waals surface area contributed by atoms with E-state index in [4.69, 9.17) is 4.74 Å². The van der Waals surface area contributed by atoms with Crippen molar-refractivity contribution >= 4 is 11.3 Å². The number of ether oxygens (including phenoxy) is 1. The molecule has 0 amide bonds. The first-order chi connectivity index (χ1) is 9.81. The summed E-state index contributed by atoms with van der Waals surface area (Å²) >= 11 is 1.85. The van der Waals surface area contributed by atoms with Gasteiger partial charge in [-0.15, -0.1) is 11.3 Å². The van der Waals surface area contributed by atoms with Gasteiger partial charge in [-0.1, -0.05) is 25.1 Å². The van der Waals surface area contributed by atoms with E-state index in [-0.39, 0.29) is 0 Å². The Bertz CT molecular complexity index is 495. The fourth-order valence-corrected chi connectivity index (χ4v) is 3.15. The van der Waals surface area contributed by atoms with Gasteiger partial charge in [-0.3, -0.25) is 0 Å². The maximum Gasteiger partial charge on any atom is 0.119 e. The minimum Gasteiger partial charge on any atom is -0.497 e. The summed E-state index contributed by atoms with van der Waals surface area (Å²) in [5, 5.41) is 5.75. The van der Waals surface area contributed by atoms with E-state index in [2.05, 4.69) is 48.0 Å². The normalized spacial score (nSPS) is 12.3. The Labute approximate surface area is 125 Å². The van der Waals surface area contributed by atoms with Gasteiger partial charge in [-0.2, -0.15) is 0 Å². The van der Waals surface area contributed by atoms with Crippen LogP contribution in [0.5, 0.6) is 5.75 Å². The van der Waals surface area contributed by atoms with E-state index in [0.717, 1.165) is 25.1 Å². The van der Waals surface area contributed by atoms with E-state index in [9.17, 15) is 0 Å². The number of likely N-dealkylation sites (N-methyl/N-ethyl adjacent to an activating group) is 1. The third-order valence-corrected chi connectivity index (χ3v) is 4.36. The molecule has 1 N–H and O–H groups in total. The van der Waals surface area contributed by atoms with Gasteiger partial charge in [-0.05, 0) is 54.9 Å². The lowest BCUT2D eigenvalue weighted by Gasteiger charge is -2.18. The average molecular weight is 289 g/mol. The summed E-state index contributed by atoms with van der Waals surface area (Å²) in [4.78, 5) is 1.47. The molecule has 1 aromatic heterocycles. The Morgan fingerprint density at radius 3 is 2.85 bits per heavy atom. The van der Waals surface area contributed by atoms with E-state index in [1.807, 2.05) is 17.4 Å². The maximum atomic E-state index is 5.30. The van der Waals surface area contributed by atoms with E-state index in [1.54, 1.807) is 7.11 Å². The standard InChI is InChI=1S/C17H23NOS/c1-3-18-15(9-10-17-8-5-11-20-17)12-14-6-4-7-16(13-14)19-2/h4-8,11,13,15,18H,3,9-10,12H2,1-2H3. The van der Waals surface area contributed by atoms with Gasteiger partial charge in [0.05, 0.1) is 7.11 Å². The molecule has 0 spiro atoms. The van der Waals surface area contributed by atoms with Crippen molar-refractivity contribution in [2.75, 3.05) is 13.7 Å². The summed E-state index contributed by atoms with van der Waals surface area (Å²) in [6.45, 7) is 3.18. The molecule has 2 rings (SSSR count). The van der Waals surface area contributed by atoms with Crippen LogP contribution >= 0.6 is 11.3 Å². The van der Waals surface area contributed by atoms with Crippen molar-refractivity contribution in [2.45, 2.75) is 32.2 Å². The predicted octanol–water partition coefficient (Wildman–Crippen LogP) is 3.91. The Balaban J connectivity index is 1.93. The van der Waals surface area contributed by atoms with Gasteiger partial charge < -0.3 is 10.1 Å². The van der Waals surface area contributed by atoms with Gasteiger partial charge in [-0.25, -0.2) is 0 Å². The second kappa shape index (κ2) is 8.08. The monoisotopic (exact) mass is 289 g/mol. The minimum absolute atomic E-state index is 0.522. The molecule has 2 aromatic rings. The average Bonchev–Trinajstić information content (AvgIpc) is 2.98. The third-order valence-electron chi connectivity index (χ3n) is 3.43. The van der Waals surface area contributed by atoms with E-state index in [1.165, 1.54) is 16.9 Å². The van der Waals surface area contributed by atoms with Gasteiger partial charge in [0.15, 0.2) is 0 Å². The van der Waals surface area contributed by atoms with Gasteiger partial charge >= 0.3 is 0 Å². The number of hydrogen-bond acceptors (Lipinski definition) is 3. The molecule has 20 heavy (non-hydrogen) atoms. The number of rotatable bonds is 8. The minimum atomic E-state index is 0.522. The molecule has 2 nitrogen and oxygen atoms in total. The number of thiophene rings is 1. The van der Waals surface area contributed by atoms with Crippen LogP contribution in [-0.2, 0) is 12.8 Å². The molecule has 0 radical (unpaired) electrons.